The van der Waals surface area contributed by atoms with Gasteiger partial charge in [0.2, 0.25) is 0 Å². The highest BCUT2D eigenvalue weighted by Crippen LogP contribution is 2.44. The van der Waals surface area contributed by atoms with E-state index in [1.54, 1.807) is 6.07 Å². The molecule has 0 spiro atoms. The highest BCUT2D eigenvalue weighted by molar-refractivity contribution is 5.33. The third-order valence-corrected chi connectivity index (χ3v) is 8.98. The molecule has 2 unspecified atom stereocenters. The summed E-state index contributed by atoms with van der Waals surface area (Å²) < 4.78 is 26.8. The minimum atomic E-state index is -1.14. The first kappa shape index (κ1) is 23.7. The van der Waals surface area contributed by atoms with Crippen molar-refractivity contribution >= 4 is 0 Å². The third-order valence-electron chi connectivity index (χ3n) is 8.98. The van der Waals surface area contributed by atoms with Crippen molar-refractivity contribution < 1.29 is 23.2 Å². The molecule has 5 nitrogen and oxygen atoms in total. The van der Waals surface area contributed by atoms with Crippen LogP contribution in [0.25, 0.3) is 0 Å². The fraction of sp³-hybridized carbons (Fsp3) is 0.500. The van der Waals surface area contributed by atoms with Crippen LogP contribution in [0.2, 0.25) is 0 Å². The molecule has 1 aromatic heterocycles. The number of hydrogen-bond donors (Lipinski definition) is 1. The Kier molecular flexibility index (Phi) is 6.34. The van der Waals surface area contributed by atoms with Gasteiger partial charge in [-0.25, -0.2) is 4.39 Å². The molecule has 0 radical (unpaired) electrons. The molecule has 190 valence electrons. The number of halogens is 1. The molecule has 1 aliphatic carbocycles. The maximum Gasteiger partial charge on any atom is 0.191 e. The van der Waals surface area contributed by atoms with E-state index < -0.39 is 5.60 Å². The van der Waals surface area contributed by atoms with Crippen LogP contribution < -0.4 is 4.74 Å². The van der Waals surface area contributed by atoms with Gasteiger partial charge in [0.1, 0.15) is 36.0 Å². The van der Waals surface area contributed by atoms with Gasteiger partial charge in [0.25, 0.3) is 0 Å². The molecule has 2 bridgehead atoms. The number of benzene rings is 2. The summed E-state index contributed by atoms with van der Waals surface area (Å²) in [6.07, 6.45) is 7.75. The van der Waals surface area contributed by atoms with Crippen LogP contribution in [0.5, 0.6) is 5.75 Å². The van der Waals surface area contributed by atoms with Crippen molar-refractivity contribution in [1.29, 1.82) is 0 Å². The number of nitrogens with zero attached hydrogens (tertiary/aromatic N) is 2. The van der Waals surface area contributed by atoms with E-state index in [1.807, 2.05) is 42.5 Å². The summed E-state index contributed by atoms with van der Waals surface area (Å²) in [4.78, 5) is 0. The molecule has 1 saturated carbocycles. The molecule has 3 aliphatic heterocycles. The zero-order valence-corrected chi connectivity index (χ0v) is 20.8. The van der Waals surface area contributed by atoms with Crippen LogP contribution in [-0.4, -0.2) is 40.5 Å². The van der Waals surface area contributed by atoms with Crippen LogP contribution in [0.15, 0.2) is 65.2 Å². The first-order valence-electron chi connectivity index (χ1n) is 13.6. The van der Waals surface area contributed by atoms with E-state index in [0.717, 1.165) is 80.5 Å². The average Bonchev–Trinajstić information content (AvgIpc) is 3.38. The van der Waals surface area contributed by atoms with E-state index in [-0.39, 0.29) is 17.8 Å². The van der Waals surface area contributed by atoms with Gasteiger partial charge in [-0.05, 0) is 36.5 Å². The Morgan fingerprint density at radius 1 is 0.972 bits per heavy atom. The van der Waals surface area contributed by atoms with E-state index in [2.05, 4.69) is 5.16 Å². The Morgan fingerprint density at radius 3 is 2.50 bits per heavy atom. The second-order valence-electron chi connectivity index (χ2n) is 11.2. The lowest BCUT2D eigenvalue weighted by Crippen LogP contribution is -2.64. The van der Waals surface area contributed by atoms with Gasteiger partial charge < -0.3 is 18.8 Å². The first-order valence-corrected chi connectivity index (χ1v) is 13.6. The van der Waals surface area contributed by atoms with Crippen LogP contribution in [0.1, 0.15) is 62.0 Å². The smallest absolute Gasteiger partial charge is 0.191 e. The molecule has 0 amide bonds. The fourth-order valence-electron chi connectivity index (χ4n) is 6.99. The molecule has 1 N–H and O–H groups in total. The fourth-order valence-corrected chi connectivity index (χ4v) is 6.99. The van der Waals surface area contributed by atoms with E-state index in [4.69, 9.17) is 9.26 Å². The zero-order chi connectivity index (χ0) is 24.6. The number of piperidine rings is 3. The summed E-state index contributed by atoms with van der Waals surface area (Å²) in [5, 5.41) is 16.6. The largest absolute Gasteiger partial charge is 0.484 e. The molecule has 7 rings (SSSR count). The number of aliphatic hydroxyl groups is 1. The molecule has 4 aliphatic rings. The molecule has 3 saturated heterocycles. The average molecular weight is 492 g/mol. The van der Waals surface area contributed by atoms with E-state index in [9.17, 15) is 9.50 Å². The Balaban J connectivity index is 1.23. The molecule has 36 heavy (non-hydrogen) atoms. The van der Waals surface area contributed by atoms with E-state index in [0.29, 0.717) is 17.4 Å². The Labute approximate surface area is 212 Å². The minimum Gasteiger partial charge on any atom is -0.484 e. The van der Waals surface area contributed by atoms with Crippen molar-refractivity contribution in [3.63, 3.8) is 0 Å². The van der Waals surface area contributed by atoms with Gasteiger partial charge in [0.15, 0.2) is 11.9 Å². The highest BCUT2D eigenvalue weighted by Gasteiger charge is 2.48. The summed E-state index contributed by atoms with van der Waals surface area (Å²) in [6.45, 7) is 3.77. The lowest BCUT2D eigenvalue weighted by molar-refractivity contribution is -0.959. The van der Waals surface area contributed by atoms with E-state index in [1.165, 1.54) is 18.6 Å². The number of quaternary nitrogens is 1. The molecular formula is C30H36FN2O3+. The van der Waals surface area contributed by atoms with Crippen molar-refractivity contribution in [2.45, 2.75) is 63.2 Å². The SMILES string of the molecule is OC(c1ccccc1)(c1cc(C[N+]23CCC(CC2)C(Oc2cccc(F)c2)C3)on1)C1CCCCC1. The molecule has 3 aromatic rings. The maximum absolute atomic E-state index is 13.7. The quantitative estimate of drug-likeness (QED) is 0.423. The van der Waals surface area contributed by atoms with E-state index >= 15 is 0 Å². The van der Waals surface area contributed by atoms with Crippen molar-refractivity contribution in [3.8, 4) is 5.75 Å². The number of aromatic nitrogens is 1. The van der Waals surface area contributed by atoms with Crippen LogP contribution >= 0.6 is 0 Å². The number of ether oxygens (including phenoxy) is 1. The Bertz CT molecular complexity index is 1170. The zero-order valence-electron chi connectivity index (χ0n) is 20.8. The van der Waals surface area contributed by atoms with Crippen molar-refractivity contribution in [2.75, 3.05) is 19.6 Å². The Morgan fingerprint density at radius 2 is 1.75 bits per heavy atom. The first-order chi connectivity index (χ1) is 17.5. The monoisotopic (exact) mass is 491 g/mol. The minimum absolute atomic E-state index is 0.0696. The predicted octanol–water partition coefficient (Wildman–Crippen LogP) is 5.82. The summed E-state index contributed by atoms with van der Waals surface area (Å²) in [6, 6.07) is 18.4. The molecule has 2 atom stereocenters. The van der Waals surface area contributed by atoms with Gasteiger partial charge in [-0.3, -0.25) is 0 Å². The topological polar surface area (TPSA) is 55.5 Å². The number of rotatable bonds is 7. The van der Waals surface area contributed by atoms with Crippen LogP contribution in [-0.2, 0) is 12.1 Å². The van der Waals surface area contributed by atoms with Crippen molar-refractivity contribution in [1.82, 2.24) is 5.16 Å². The highest BCUT2D eigenvalue weighted by atomic mass is 19.1. The van der Waals surface area contributed by atoms with Crippen LogP contribution in [0.4, 0.5) is 4.39 Å². The summed E-state index contributed by atoms with van der Waals surface area (Å²) in [5.41, 5.74) is 0.390. The normalized spacial score (nSPS) is 28.1. The number of hydrogen-bond acceptors (Lipinski definition) is 4. The summed E-state index contributed by atoms with van der Waals surface area (Å²) in [5.74, 6) is 1.80. The summed E-state index contributed by atoms with van der Waals surface area (Å²) >= 11 is 0. The third kappa shape index (κ3) is 4.46. The standard InChI is InChI=1S/C30H36FN2O3/c31-25-12-7-13-26(18-25)35-28-21-33(16-14-22(28)15-17-33)20-27-19-29(32-36-27)30(34,23-8-3-1-4-9-23)24-10-5-2-6-11-24/h1,3-4,7-9,12-13,18-19,22,24,28,34H,2,5-6,10-11,14-17,20-21H2/q+1. The van der Waals surface area contributed by atoms with Crippen LogP contribution in [0, 0.1) is 17.7 Å². The van der Waals surface area contributed by atoms with Crippen LogP contribution in [0.3, 0.4) is 0 Å². The summed E-state index contributed by atoms with van der Waals surface area (Å²) in [7, 11) is 0. The lowest BCUT2D eigenvalue weighted by atomic mass is 9.71. The molecule has 4 heterocycles. The second-order valence-corrected chi connectivity index (χ2v) is 11.2. The van der Waals surface area contributed by atoms with Gasteiger partial charge in [0.05, 0.1) is 13.1 Å². The predicted molar refractivity (Wildman–Crippen MR) is 135 cm³/mol. The van der Waals surface area contributed by atoms with Crippen molar-refractivity contribution in [2.24, 2.45) is 11.8 Å². The van der Waals surface area contributed by atoms with Gasteiger partial charge >= 0.3 is 0 Å². The molecule has 6 heteroatoms. The molecule has 4 fully saturated rings. The van der Waals surface area contributed by atoms with Crippen molar-refractivity contribution in [3.05, 3.63) is 83.5 Å². The van der Waals surface area contributed by atoms with Gasteiger partial charge in [-0.15, -0.1) is 0 Å². The maximum atomic E-state index is 13.7. The second kappa shape index (κ2) is 9.64. The van der Waals surface area contributed by atoms with Gasteiger partial charge in [-0.1, -0.05) is 60.8 Å². The lowest BCUT2D eigenvalue weighted by Gasteiger charge is -2.51. The number of fused-ring (bicyclic) bond motifs is 3. The van der Waals surface area contributed by atoms with Gasteiger partial charge in [0, 0.05) is 30.9 Å². The molecular weight excluding hydrogens is 455 g/mol. The van der Waals surface area contributed by atoms with Gasteiger partial charge in [-0.2, -0.15) is 0 Å². The molecule has 2 aromatic carbocycles. The Hall–Kier alpha value is -2.70.